The highest BCUT2D eigenvalue weighted by Gasteiger charge is 2.28. The van der Waals surface area contributed by atoms with Gasteiger partial charge in [-0.3, -0.25) is 0 Å². The van der Waals surface area contributed by atoms with Crippen molar-refractivity contribution in [3.63, 3.8) is 0 Å². The molecule has 0 radical (unpaired) electrons. The maximum absolute atomic E-state index is 5.41. The summed E-state index contributed by atoms with van der Waals surface area (Å²) in [6, 6.07) is 4.54. The van der Waals surface area contributed by atoms with Crippen LogP contribution in [0.4, 0.5) is 0 Å². The molecule has 3 rings (SSSR count). The van der Waals surface area contributed by atoms with Crippen LogP contribution >= 0.6 is 0 Å². The predicted molar refractivity (Wildman–Crippen MR) is 69.8 cm³/mol. The fourth-order valence-corrected chi connectivity index (χ4v) is 2.47. The summed E-state index contributed by atoms with van der Waals surface area (Å²) in [5.41, 5.74) is 1.14. The van der Waals surface area contributed by atoms with Crippen molar-refractivity contribution in [1.29, 1.82) is 0 Å². The quantitative estimate of drug-likeness (QED) is 0.878. The van der Waals surface area contributed by atoms with Gasteiger partial charge in [0.15, 0.2) is 11.5 Å². The van der Waals surface area contributed by atoms with Gasteiger partial charge >= 0.3 is 0 Å². The van der Waals surface area contributed by atoms with Crippen LogP contribution in [0.3, 0.4) is 0 Å². The average molecular weight is 265 g/mol. The lowest BCUT2D eigenvalue weighted by Crippen LogP contribution is -2.44. The fraction of sp³-hybridized carbons (Fsp3) is 0.571. The monoisotopic (exact) mass is 265 g/mol. The lowest BCUT2D eigenvalue weighted by Gasteiger charge is -2.34. The minimum atomic E-state index is 0.265. The Bertz CT molecular complexity index is 457. The minimum Gasteiger partial charge on any atom is -0.493 e. The molecule has 0 atom stereocenters. The van der Waals surface area contributed by atoms with Gasteiger partial charge in [0.05, 0.1) is 13.2 Å². The molecule has 104 valence electrons. The lowest BCUT2D eigenvalue weighted by atomic mass is 9.89. The number of ether oxygens (including phenoxy) is 4. The van der Waals surface area contributed by atoms with Crippen molar-refractivity contribution in [2.45, 2.75) is 31.5 Å². The molecule has 5 heteroatoms. The van der Waals surface area contributed by atoms with Gasteiger partial charge in [0.2, 0.25) is 12.5 Å². The maximum atomic E-state index is 5.41. The molecule has 1 aromatic carbocycles. The van der Waals surface area contributed by atoms with Gasteiger partial charge in [-0.15, -0.1) is 0 Å². The summed E-state index contributed by atoms with van der Waals surface area (Å²) in [6.45, 7) is 1.06. The highest BCUT2D eigenvalue weighted by Crippen LogP contribution is 2.41. The highest BCUT2D eigenvalue weighted by molar-refractivity contribution is 5.55. The third-order valence-electron chi connectivity index (χ3n) is 3.74. The van der Waals surface area contributed by atoms with E-state index in [1.807, 2.05) is 12.1 Å². The molecule has 1 fully saturated rings. The van der Waals surface area contributed by atoms with Gasteiger partial charge in [-0.25, -0.2) is 0 Å². The standard InChI is InChI=1S/C14H19NO4/c1-16-11-5-10(6-11)15-7-9-3-12(17-2)14-13(4-9)18-8-19-14/h3-4,10-11,15H,5-8H2,1-2H3. The molecule has 1 aliphatic heterocycles. The summed E-state index contributed by atoms with van der Waals surface area (Å²) in [4.78, 5) is 0. The number of hydrogen-bond acceptors (Lipinski definition) is 5. The van der Waals surface area contributed by atoms with E-state index in [9.17, 15) is 0 Å². The summed E-state index contributed by atoms with van der Waals surface area (Å²) in [5, 5.41) is 3.51. The normalized spacial score (nSPS) is 24.1. The number of rotatable bonds is 5. The van der Waals surface area contributed by atoms with E-state index in [1.54, 1.807) is 14.2 Å². The second-order valence-electron chi connectivity index (χ2n) is 4.94. The molecule has 1 N–H and O–H groups in total. The lowest BCUT2D eigenvalue weighted by molar-refractivity contribution is 0.0170. The van der Waals surface area contributed by atoms with E-state index in [2.05, 4.69) is 5.32 Å². The number of hydrogen-bond donors (Lipinski definition) is 1. The van der Waals surface area contributed by atoms with Crippen LogP contribution in [0.25, 0.3) is 0 Å². The zero-order chi connectivity index (χ0) is 13.2. The summed E-state index contributed by atoms with van der Waals surface area (Å²) in [6.07, 6.45) is 2.58. The van der Waals surface area contributed by atoms with E-state index in [1.165, 1.54) is 0 Å². The van der Waals surface area contributed by atoms with Crippen LogP contribution in [-0.2, 0) is 11.3 Å². The van der Waals surface area contributed by atoms with Gasteiger partial charge in [0.25, 0.3) is 0 Å². The Kier molecular flexibility index (Phi) is 3.48. The first-order valence-electron chi connectivity index (χ1n) is 6.53. The number of fused-ring (bicyclic) bond motifs is 1. The molecule has 0 bridgehead atoms. The van der Waals surface area contributed by atoms with Crippen LogP contribution in [0, 0.1) is 0 Å². The van der Waals surface area contributed by atoms with Crippen molar-refractivity contribution in [3.05, 3.63) is 17.7 Å². The number of methoxy groups -OCH3 is 2. The van der Waals surface area contributed by atoms with Crippen molar-refractivity contribution in [2.24, 2.45) is 0 Å². The molecule has 2 aliphatic rings. The van der Waals surface area contributed by atoms with E-state index >= 15 is 0 Å². The van der Waals surface area contributed by atoms with Gasteiger partial charge in [0.1, 0.15) is 0 Å². The van der Waals surface area contributed by atoms with Gasteiger partial charge in [-0.05, 0) is 30.5 Å². The van der Waals surface area contributed by atoms with Crippen molar-refractivity contribution in [3.8, 4) is 17.2 Å². The molecule has 0 amide bonds. The van der Waals surface area contributed by atoms with Crippen molar-refractivity contribution < 1.29 is 18.9 Å². The van der Waals surface area contributed by atoms with E-state index < -0.39 is 0 Å². The smallest absolute Gasteiger partial charge is 0.231 e. The Morgan fingerprint density at radius 1 is 1.26 bits per heavy atom. The largest absolute Gasteiger partial charge is 0.493 e. The van der Waals surface area contributed by atoms with Crippen molar-refractivity contribution in [1.82, 2.24) is 5.32 Å². The summed E-state index contributed by atoms with van der Waals surface area (Å²) in [7, 11) is 3.41. The molecule has 5 nitrogen and oxygen atoms in total. The molecular weight excluding hydrogens is 246 g/mol. The summed E-state index contributed by atoms with van der Waals surface area (Å²) < 4.78 is 21.4. The summed E-state index contributed by atoms with van der Waals surface area (Å²) in [5.74, 6) is 2.20. The Morgan fingerprint density at radius 2 is 2.11 bits per heavy atom. The molecule has 0 aromatic heterocycles. The topological polar surface area (TPSA) is 49.0 Å². The van der Waals surface area contributed by atoms with Crippen LogP contribution in [0.5, 0.6) is 17.2 Å². The van der Waals surface area contributed by atoms with Gasteiger partial charge in [-0.2, -0.15) is 0 Å². The zero-order valence-electron chi connectivity index (χ0n) is 11.3. The first-order chi connectivity index (χ1) is 9.30. The molecule has 0 saturated heterocycles. The third-order valence-corrected chi connectivity index (χ3v) is 3.74. The van der Waals surface area contributed by atoms with Crippen molar-refractivity contribution >= 4 is 0 Å². The highest BCUT2D eigenvalue weighted by atomic mass is 16.7. The Labute approximate surface area is 112 Å². The van der Waals surface area contributed by atoms with Crippen LogP contribution < -0.4 is 19.5 Å². The number of nitrogens with one attached hydrogen (secondary N) is 1. The molecule has 1 aromatic rings. The van der Waals surface area contributed by atoms with E-state index in [-0.39, 0.29) is 6.79 Å². The van der Waals surface area contributed by atoms with Gasteiger partial charge in [-0.1, -0.05) is 0 Å². The van der Waals surface area contributed by atoms with Gasteiger partial charge < -0.3 is 24.3 Å². The molecule has 1 heterocycles. The second kappa shape index (κ2) is 5.27. The van der Waals surface area contributed by atoms with Crippen LogP contribution in [-0.4, -0.2) is 33.2 Å². The Balaban J connectivity index is 1.62. The predicted octanol–water partition coefficient (Wildman–Crippen LogP) is 1.69. The van der Waals surface area contributed by atoms with E-state index in [0.717, 1.165) is 36.4 Å². The molecule has 1 saturated carbocycles. The fourth-order valence-electron chi connectivity index (χ4n) is 2.47. The Morgan fingerprint density at radius 3 is 2.84 bits per heavy atom. The first kappa shape index (κ1) is 12.6. The van der Waals surface area contributed by atoms with Crippen LogP contribution in [0.1, 0.15) is 18.4 Å². The zero-order valence-corrected chi connectivity index (χ0v) is 11.3. The van der Waals surface area contributed by atoms with Gasteiger partial charge in [0, 0.05) is 19.7 Å². The second-order valence-corrected chi connectivity index (χ2v) is 4.94. The van der Waals surface area contributed by atoms with Crippen molar-refractivity contribution in [2.75, 3.05) is 21.0 Å². The molecule has 19 heavy (non-hydrogen) atoms. The van der Waals surface area contributed by atoms with Crippen LogP contribution in [0.15, 0.2) is 12.1 Å². The maximum Gasteiger partial charge on any atom is 0.231 e. The van der Waals surface area contributed by atoms with E-state index in [0.29, 0.717) is 17.9 Å². The third kappa shape index (κ3) is 2.48. The molecule has 0 unspecified atom stereocenters. The summed E-state index contributed by atoms with van der Waals surface area (Å²) >= 11 is 0. The average Bonchev–Trinajstić information content (AvgIpc) is 2.84. The first-order valence-corrected chi connectivity index (χ1v) is 6.53. The Hall–Kier alpha value is -1.46. The van der Waals surface area contributed by atoms with Crippen LogP contribution in [0.2, 0.25) is 0 Å². The van der Waals surface area contributed by atoms with E-state index in [4.69, 9.17) is 18.9 Å². The molecular formula is C14H19NO4. The molecule has 1 aliphatic carbocycles. The SMILES string of the molecule is COc1cc(CNC2CC(OC)C2)cc2c1OCO2. The molecule has 0 spiro atoms. The minimum absolute atomic E-state index is 0.265. The number of benzene rings is 1.